The zero-order valence-corrected chi connectivity index (χ0v) is 9.13. The Hall–Kier alpha value is -0.530. The maximum Gasteiger partial charge on any atom is 0.446 e. The Morgan fingerprint density at radius 3 is 2.40 bits per heavy atom. The minimum absolute atomic E-state index is 0.0108. The van der Waals surface area contributed by atoms with E-state index >= 15 is 0 Å². The first kappa shape index (κ1) is 12.5. The van der Waals surface area contributed by atoms with E-state index in [-0.39, 0.29) is 21.6 Å². The van der Waals surface area contributed by atoms with Crippen molar-refractivity contribution >= 4 is 22.8 Å². The molecule has 1 rings (SSSR count). The van der Waals surface area contributed by atoms with Crippen molar-refractivity contribution in [3.05, 3.63) is 23.8 Å². The second kappa shape index (κ2) is 4.54. The van der Waals surface area contributed by atoms with E-state index in [1.54, 1.807) is 0 Å². The van der Waals surface area contributed by atoms with Crippen LogP contribution in [0.4, 0.5) is 13.2 Å². The molecule has 0 amide bonds. The Kier molecular flexibility index (Phi) is 3.80. The van der Waals surface area contributed by atoms with E-state index in [9.17, 15) is 21.9 Å². The highest BCUT2D eigenvalue weighted by Gasteiger charge is 2.29. The average Bonchev–Trinajstić information content (AvgIpc) is 2.05. The molecule has 0 aliphatic rings. The van der Waals surface area contributed by atoms with Crippen molar-refractivity contribution in [3.8, 4) is 0 Å². The van der Waals surface area contributed by atoms with Crippen LogP contribution in [0, 0.1) is 6.92 Å². The van der Waals surface area contributed by atoms with Crippen LogP contribution in [0.5, 0.6) is 0 Å². The molecule has 1 unspecified atom stereocenters. The summed E-state index contributed by atoms with van der Waals surface area (Å²) >= 11 is -2.66. The molecule has 1 atom stereocenters. The third-order valence-electron chi connectivity index (χ3n) is 1.56. The number of hydrogen-bond acceptors (Lipinski definition) is 3. The van der Waals surface area contributed by atoms with Gasteiger partial charge >= 0.3 is 5.51 Å². The number of benzene rings is 1. The number of rotatable bonds is 2. The zero-order valence-electron chi connectivity index (χ0n) is 7.50. The Bertz CT molecular complexity index is 390. The fourth-order valence-electron chi connectivity index (χ4n) is 0.965. The molecule has 15 heavy (non-hydrogen) atoms. The van der Waals surface area contributed by atoms with Crippen LogP contribution in [0.25, 0.3) is 0 Å². The molecule has 84 valence electrons. The summed E-state index contributed by atoms with van der Waals surface area (Å²) in [6.45, 7) is 1.43. The molecular weight excluding hydrogens is 249 g/mol. The Balaban J connectivity index is 2.99. The van der Waals surface area contributed by atoms with Crippen molar-refractivity contribution in [1.29, 1.82) is 0 Å². The third-order valence-corrected chi connectivity index (χ3v) is 3.11. The first-order valence-electron chi connectivity index (χ1n) is 3.75. The molecule has 0 heterocycles. The Morgan fingerprint density at radius 1 is 1.40 bits per heavy atom. The van der Waals surface area contributed by atoms with E-state index in [1.165, 1.54) is 13.0 Å². The lowest BCUT2D eigenvalue weighted by atomic mass is 10.2. The van der Waals surface area contributed by atoms with E-state index in [2.05, 4.69) is 0 Å². The van der Waals surface area contributed by atoms with E-state index in [0.29, 0.717) is 5.56 Å². The fourth-order valence-corrected chi connectivity index (χ4v) is 2.02. The van der Waals surface area contributed by atoms with Gasteiger partial charge in [0.1, 0.15) is 0 Å². The summed E-state index contributed by atoms with van der Waals surface area (Å²) in [4.78, 5) is -0.00396. The quantitative estimate of drug-likeness (QED) is 0.602. The number of alkyl halides is 3. The minimum Gasteiger partial charge on any atom is -0.768 e. The predicted octanol–water partition coefficient (Wildman–Crippen LogP) is 2.84. The molecule has 7 heteroatoms. The Morgan fingerprint density at radius 2 is 2.00 bits per heavy atom. The van der Waals surface area contributed by atoms with Crippen LogP contribution in [0.15, 0.2) is 28.0 Å². The summed E-state index contributed by atoms with van der Waals surface area (Å²) in [5.41, 5.74) is -4.07. The summed E-state index contributed by atoms with van der Waals surface area (Å²) < 4.78 is 57.1. The Labute approximate surface area is 91.2 Å². The number of thioether (sulfide) groups is 1. The van der Waals surface area contributed by atoms with E-state index in [4.69, 9.17) is 0 Å². The van der Waals surface area contributed by atoms with E-state index < -0.39 is 16.6 Å². The SMILES string of the molecule is Cc1cc(S(=O)[O-])ccc1SC(F)(F)F. The van der Waals surface area contributed by atoms with Gasteiger partial charge in [-0.2, -0.15) is 13.2 Å². The molecule has 0 bridgehead atoms. The fraction of sp³-hybridized carbons (Fsp3) is 0.250. The molecule has 0 spiro atoms. The van der Waals surface area contributed by atoms with Crippen molar-refractivity contribution in [1.82, 2.24) is 0 Å². The van der Waals surface area contributed by atoms with Gasteiger partial charge in [-0.25, -0.2) is 0 Å². The van der Waals surface area contributed by atoms with Crippen molar-refractivity contribution < 1.29 is 21.9 Å². The van der Waals surface area contributed by atoms with Gasteiger partial charge in [0.05, 0.1) is 0 Å². The lowest BCUT2D eigenvalue weighted by Gasteiger charge is -2.11. The number of halogens is 3. The van der Waals surface area contributed by atoms with Gasteiger partial charge in [0.25, 0.3) is 0 Å². The first-order chi connectivity index (χ1) is 6.79. The molecule has 0 radical (unpaired) electrons. The first-order valence-corrected chi connectivity index (χ1v) is 5.64. The van der Waals surface area contributed by atoms with E-state index in [0.717, 1.165) is 12.1 Å². The van der Waals surface area contributed by atoms with Gasteiger partial charge in [-0.15, -0.1) is 0 Å². The predicted molar refractivity (Wildman–Crippen MR) is 50.3 cm³/mol. The van der Waals surface area contributed by atoms with Crippen molar-refractivity contribution in [2.75, 3.05) is 0 Å². The lowest BCUT2D eigenvalue weighted by molar-refractivity contribution is -0.0328. The molecule has 0 aliphatic heterocycles. The van der Waals surface area contributed by atoms with Crippen LogP contribution < -0.4 is 0 Å². The maximum absolute atomic E-state index is 12.0. The number of aryl methyl sites for hydroxylation is 1. The molecule has 0 aromatic heterocycles. The maximum atomic E-state index is 12.0. The summed E-state index contributed by atoms with van der Waals surface area (Å²) in [6.07, 6.45) is 0. The van der Waals surface area contributed by atoms with Crippen LogP contribution >= 0.6 is 11.8 Å². The van der Waals surface area contributed by atoms with Crippen LogP contribution in [-0.2, 0) is 11.1 Å². The molecule has 0 saturated carbocycles. The number of hydrogen-bond donors (Lipinski definition) is 0. The van der Waals surface area contributed by atoms with Crippen LogP contribution in [0.2, 0.25) is 0 Å². The standard InChI is InChI=1S/C8H7F3O2S2/c1-5-4-6(15(12)13)2-3-7(5)14-8(9,10)11/h2-4H,1H3,(H,12,13)/p-1. The molecular formula is C8H6F3O2S2-. The summed E-state index contributed by atoms with van der Waals surface area (Å²) in [6, 6.07) is 3.50. The second-order valence-corrected chi connectivity index (χ2v) is 4.76. The normalized spacial score (nSPS) is 13.9. The van der Waals surface area contributed by atoms with Gasteiger partial charge in [0, 0.05) is 9.79 Å². The lowest BCUT2D eigenvalue weighted by Crippen LogP contribution is -2.00. The van der Waals surface area contributed by atoms with Gasteiger partial charge in [-0.1, -0.05) is 0 Å². The van der Waals surface area contributed by atoms with Crippen LogP contribution in [0.1, 0.15) is 5.56 Å². The molecule has 0 saturated heterocycles. The van der Waals surface area contributed by atoms with Crippen molar-refractivity contribution in [2.24, 2.45) is 0 Å². The summed E-state index contributed by atoms with van der Waals surface area (Å²) in [5.74, 6) is 0. The highest BCUT2D eigenvalue weighted by Crippen LogP contribution is 2.38. The third kappa shape index (κ3) is 3.84. The molecule has 1 aromatic rings. The van der Waals surface area contributed by atoms with E-state index in [1.807, 2.05) is 0 Å². The molecule has 2 nitrogen and oxygen atoms in total. The monoisotopic (exact) mass is 255 g/mol. The molecule has 1 aromatic carbocycles. The molecule has 0 N–H and O–H groups in total. The minimum atomic E-state index is -4.36. The van der Waals surface area contributed by atoms with Crippen molar-refractivity contribution in [3.63, 3.8) is 0 Å². The molecule has 0 fully saturated rings. The van der Waals surface area contributed by atoms with Gasteiger partial charge < -0.3 is 4.55 Å². The van der Waals surface area contributed by atoms with Crippen molar-refractivity contribution in [2.45, 2.75) is 22.2 Å². The highest BCUT2D eigenvalue weighted by molar-refractivity contribution is 8.00. The molecule has 0 aliphatic carbocycles. The zero-order chi connectivity index (χ0) is 11.6. The van der Waals surface area contributed by atoms with Gasteiger partial charge in [0.15, 0.2) is 0 Å². The van der Waals surface area contributed by atoms with Crippen LogP contribution in [-0.4, -0.2) is 14.3 Å². The summed E-state index contributed by atoms with van der Waals surface area (Å²) in [7, 11) is 0. The second-order valence-electron chi connectivity index (χ2n) is 2.71. The smallest absolute Gasteiger partial charge is 0.446 e. The van der Waals surface area contributed by atoms with Gasteiger partial charge in [-0.05, 0) is 53.5 Å². The summed E-state index contributed by atoms with van der Waals surface area (Å²) in [5, 5.41) is 0. The largest absolute Gasteiger partial charge is 0.768 e. The van der Waals surface area contributed by atoms with Crippen LogP contribution in [0.3, 0.4) is 0 Å². The average molecular weight is 255 g/mol. The van der Waals surface area contributed by atoms with Gasteiger partial charge in [0.2, 0.25) is 0 Å². The van der Waals surface area contributed by atoms with Gasteiger partial charge in [-0.3, -0.25) is 4.21 Å². The highest BCUT2D eigenvalue weighted by atomic mass is 32.2. The topological polar surface area (TPSA) is 40.1 Å².